The van der Waals surface area contributed by atoms with E-state index in [2.05, 4.69) is 5.32 Å². The van der Waals surface area contributed by atoms with Crippen molar-refractivity contribution in [1.82, 2.24) is 0 Å². The largest absolute Gasteiger partial charge is 0.493 e. The molecule has 1 atom stereocenters. The quantitative estimate of drug-likeness (QED) is 0.230. The lowest BCUT2D eigenvalue weighted by Gasteiger charge is -2.20. The van der Waals surface area contributed by atoms with Crippen molar-refractivity contribution >= 4 is 34.7 Å². The van der Waals surface area contributed by atoms with E-state index in [9.17, 15) is 14.4 Å². The molecule has 0 bridgehead atoms. The number of thiophene rings is 1. The van der Waals surface area contributed by atoms with Gasteiger partial charge in [-0.25, -0.2) is 4.79 Å². The second-order valence-corrected chi connectivity index (χ2v) is 8.56. The lowest BCUT2D eigenvalue weighted by Crippen LogP contribution is -2.22. The number of hydrogen-bond donors (Lipinski definition) is 1. The average Bonchev–Trinajstić information content (AvgIpc) is 3.47. The number of amides is 1. The van der Waals surface area contributed by atoms with Gasteiger partial charge in [-0.15, -0.1) is 11.3 Å². The Morgan fingerprint density at radius 2 is 1.44 bits per heavy atom. The normalized spacial score (nSPS) is 11.3. The van der Waals surface area contributed by atoms with Crippen molar-refractivity contribution in [1.29, 1.82) is 0 Å². The number of carbonyl (C=O) groups is 3. The summed E-state index contributed by atoms with van der Waals surface area (Å²) < 4.78 is 16.5. The number of esters is 1. The zero-order valence-corrected chi connectivity index (χ0v) is 20.4. The number of nitrogens with one attached hydrogen (secondary N) is 1. The predicted molar refractivity (Wildman–Crippen MR) is 137 cm³/mol. The zero-order chi connectivity index (χ0) is 25.5. The van der Waals surface area contributed by atoms with Crippen LogP contribution in [0.4, 0.5) is 5.69 Å². The van der Waals surface area contributed by atoms with E-state index in [0.29, 0.717) is 21.8 Å². The summed E-state index contributed by atoms with van der Waals surface area (Å²) in [4.78, 5) is 40.1. The van der Waals surface area contributed by atoms with Crippen LogP contribution >= 0.6 is 11.3 Å². The molecule has 182 valence electrons. The molecule has 4 rings (SSSR count). The average molecular weight is 502 g/mol. The number of anilines is 1. The Labute approximate surface area is 212 Å². The van der Waals surface area contributed by atoms with Gasteiger partial charge in [-0.05, 0) is 11.4 Å². The van der Waals surface area contributed by atoms with Gasteiger partial charge in [0.25, 0.3) is 5.91 Å². The summed E-state index contributed by atoms with van der Waals surface area (Å²) >= 11 is 1.26. The topological polar surface area (TPSA) is 90.9 Å². The lowest BCUT2D eigenvalue weighted by atomic mass is 9.99. The van der Waals surface area contributed by atoms with Crippen LogP contribution in [0, 0.1) is 0 Å². The maximum absolute atomic E-state index is 13.5. The van der Waals surface area contributed by atoms with Gasteiger partial charge in [-0.3, -0.25) is 9.59 Å². The predicted octanol–water partition coefficient (Wildman–Crippen LogP) is 5.80. The molecule has 0 saturated heterocycles. The Morgan fingerprint density at radius 3 is 2.06 bits per heavy atom. The lowest BCUT2D eigenvalue weighted by molar-refractivity contribution is 0.0280. The summed E-state index contributed by atoms with van der Waals surface area (Å²) in [6, 6.07) is 23.7. The molecule has 1 aromatic heterocycles. The molecule has 1 heterocycles. The van der Waals surface area contributed by atoms with Crippen LogP contribution in [-0.2, 0) is 4.74 Å². The highest BCUT2D eigenvalue weighted by atomic mass is 32.1. The van der Waals surface area contributed by atoms with Gasteiger partial charge in [0, 0.05) is 23.3 Å². The van der Waals surface area contributed by atoms with Gasteiger partial charge >= 0.3 is 5.97 Å². The van der Waals surface area contributed by atoms with Crippen molar-refractivity contribution in [3.63, 3.8) is 0 Å². The number of rotatable bonds is 9. The second-order valence-electron chi connectivity index (χ2n) is 7.61. The third-order valence-corrected chi connectivity index (χ3v) is 6.23. The van der Waals surface area contributed by atoms with Crippen LogP contribution in [0.25, 0.3) is 0 Å². The summed E-state index contributed by atoms with van der Waals surface area (Å²) in [7, 11) is 2.88. The molecular formula is C28H23NO6S. The number of hydrogen-bond acceptors (Lipinski definition) is 7. The van der Waals surface area contributed by atoms with Crippen molar-refractivity contribution in [2.24, 2.45) is 0 Å². The van der Waals surface area contributed by atoms with E-state index in [1.807, 2.05) is 6.07 Å². The van der Waals surface area contributed by atoms with E-state index in [1.54, 1.807) is 72.1 Å². The van der Waals surface area contributed by atoms with Gasteiger partial charge in [-0.2, -0.15) is 0 Å². The number of carbonyl (C=O) groups excluding carboxylic acids is 3. The first-order valence-electron chi connectivity index (χ1n) is 11.0. The van der Waals surface area contributed by atoms with Crippen molar-refractivity contribution in [2.75, 3.05) is 19.5 Å². The first kappa shape index (κ1) is 24.7. The minimum atomic E-state index is -1.20. The molecule has 0 radical (unpaired) electrons. The number of benzene rings is 3. The van der Waals surface area contributed by atoms with E-state index < -0.39 is 18.0 Å². The van der Waals surface area contributed by atoms with Gasteiger partial charge < -0.3 is 19.5 Å². The minimum absolute atomic E-state index is 0.0133. The molecule has 0 aliphatic heterocycles. The van der Waals surface area contributed by atoms with Gasteiger partial charge in [-0.1, -0.05) is 66.7 Å². The van der Waals surface area contributed by atoms with Gasteiger partial charge in [0.05, 0.1) is 30.3 Å². The Balaban J connectivity index is 1.72. The Bertz CT molecular complexity index is 1350. The van der Waals surface area contributed by atoms with Crippen LogP contribution in [-0.4, -0.2) is 31.9 Å². The van der Waals surface area contributed by atoms with Crippen molar-refractivity contribution in [3.05, 3.63) is 112 Å². The summed E-state index contributed by atoms with van der Waals surface area (Å²) in [5.41, 5.74) is 1.09. The third kappa shape index (κ3) is 5.45. The molecule has 7 nitrogen and oxygen atoms in total. The summed E-state index contributed by atoms with van der Waals surface area (Å²) in [5.74, 6) is -0.999. The SMILES string of the molecule is COc1cc(NC(=O)c2cccs2)c(C(=O)OC(C(=O)c2ccccc2)c2ccccc2)cc1OC. The molecule has 1 unspecified atom stereocenters. The monoisotopic (exact) mass is 501 g/mol. The van der Waals surface area contributed by atoms with Gasteiger partial charge in [0.1, 0.15) is 0 Å². The van der Waals surface area contributed by atoms with Crippen molar-refractivity contribution in [3.8, 4) is 11.5 Å². The summed E-state index contributed by atoms with van der Waals surface area (Å²) in [6.45, 7) is 0. The molecule has 0 spiro atoms. The molecule has 0 aliphatic rings. The first-order chi connectivity index (χ1) is 17.5. The molecule has 3 aromatic carbocycles. The first-order valence-corrected chi connectivity index (χ1v) is 11.9. The Morgan fingerprint density at radius 1 is 0.806 bits per heavy atom. The highest BCUT2D eigenvalue weighted by Crippen LogP contribution is 2.35. The molecule has 1 amide bonds. The van der Waals surface area contributed by atoms with E-state index in [1.165, 1.54) is 37.7 Å². The fourth-order valence-corrected chi connectivity index (χ4v) is 4.19. The van der Waals surface area contributed by atoms with Crippen LogP contribution < -0.4 is 14.8 Å². The number of ketones is 1. The molecule has 0 aliphatic carbocycles. The van der Waals surface area contributed by atoms with Crippen molar-refractivity contribution in [2.45, 2.75) is 6.10 Å². The molecule has 4 aromatic rings. The highest BCUT2D eigenvalue weighted by molar-refractivity contribution is 7.12. The van der Waals surface area contributed by atoms with E-state index >= 15 is 0 Å². The number of Topliss-reactive ketones (excluding diaryl/α,β-unsaturated/α-hetero) is 1. The van der Waals surface area contributed by atoms with E-state index in [0.717, 1.165) is 0 Å². The van der Waals surface area contributed by atoms with Crippen LogP contribution in [0.15, 0.2) is 90.3 Å². The third-order valence-electron chi connectivity index (χ3n) is 5.36. The Kier molecular flexibility index (Phi) is 7.77. The van der Waals surface area contributed by atoms with Gasteiger partial charge in [0.2, 0.25) is 5.78 Å². The van der Waals surface area contributed by atoms with E-state index in [4.69, 9.17) is 14.2 Å². The fraction of sp³-hybridized carbons (Fsp3) is 0.107. The molecule has 8 heteroatoms. The second kappa shape index (κ2) is 11.3. The summed E-state index contributed by atoms with van der Waals surface area (Å²) in [6.07, 6.45) is -1.20. The van der Waals surface area contributed by atoms with Crippen LogP contribution in [0.1, 0.15) is 42.1 Å². The molecule has 1 N–H and O–H groups in total. The smallest absolute Gasteiger partial charge is 0.341 e. The minimum Gasteiger partial charge on any atom is -0.493 e. The zero-order valence-electron chi connectivity index (χ0n) is 19.6. The molecule has 36 heavy (non-hydrogen) atoms. The highest BCUT2D eigenvalue weighted by Gasteiger charge is 2.29. The van der Waals surface area contributed by atoms with Crippen LogP contribution in [0.5, 0.6) is 11.5 Å². The summed E-state index contributed by atoms with van der Waals surface area (Å²) in [5, 5.41) is 4.52. The van der Waals surface area contributed by atoms with Crippen LogP contribution in [0.3, 0.4) is 0 Å². The Hall–Kier alpha value is -4.43. The molecule has 0 fully saturated rings. The van der Waals surface area contributed by atoms with Crippen molar-refractivity contribution < 1.29 is 28.6 Å². The standard InChI is InChI=1S/C28H23NO6S/c1-33-22-16-20(21(17-23(22)34-2)29-27(31)24-14-9-15-36-24)28(32)35-26(19-12-7-4-8-13-19)25(30)18-10-5-3-6-11-18/h3-17,26H,1-2H3,(H,29,31). The van der Waals surface area contributed by atoms with E-state index in [-0.39, 0.29) is 22.8 Å². The number of ether oxygens (including phenoxy) is 3. The van der Waals surface area contributed by atoms with Crippen LogP contribution in [0.2, 0.25) is 0 Å². The molecule has 0 saturated carbocycles. The fourth-order valence-electron chi connectivity index (χ4n) is 3.57. The maximum Gasteiger partial charge on any atom is 0.341 e. The molecular weight excluding hydrogens is 478 g/mol. The maximum atomic E-state index is 13.5. The number of methoxy groups -OCH3 is 2. The van der Waals surface area contributed by atoms with Gasteiger partial charge in [0.15, 0.2) is 17.6 Å².